The van der Waals surface area contributed by atoms with E-state index in [1.54, 1.807) is 24.3 Å². The molecule has 0 spiro atoms. The number of anilines is 2. The van der Waals surface area contributed by atoms with Crippen LogP contribution in [0.5, 0.6) is 5.75 Å². The molecule has 0 aliphatic carbocycles. The number of nitrogens with one attached hydrogen (secondary N) is 2. The fourth-order valence-electron chi connectivity index (χ4n) is 2.61. The van der Waals surface area contributed by atoms with Gasteiger partial charge < -0.3 is 15.4 Å². The second-order valence-electron chi connectivity index (χ2n) is 7.24. The van der Waals surface area contributed by atoms with E-state index in [4.69, 9.17) is 4.74 Å². The van der Waals surface area contributed by atoms with Crippen LogP contribution in [0.2, 0.25) is 0 Å². The van der Waals surface area contributed by atoms with Crippen molar-refractivity contribution >= 4 is 29.3 Å². The fraction of sp³-hybridized carbons (Fsp3) is 0.238. The molecule has 2 aromatic carbocycles. The lowest BCUT2D eigenvalue weighted by Gasteiger charge is -2.18. The second-order valence-corrected chi connectivity index (χ2v) is 7.24. The van der Waals surface area contributed by atoms with Gasteiger partial charge in [-0.05, 0) is 40.8 Å². The number of carbonyl (C=O) groups is 2. The van der Waals surface area contributed by atoms with Crippen LogP contribution >= 0.6 is 0 Å². The molecule has 2 amide bonds. The number of amides is 2. The summed E-state index contributed by atoms with van der Waals surface area (Å²) in [7, 11) is 0. The van der Waals surface area contributed by atoms with Crippen molar-refractivity contribution < 1.29 is 14.3 Å². The third kappa shape index (κ3) is 4.30. The number of benzene rings is 2. The van der Waals surface area contributed by atoms with Crippen LogP contribution in [0, 0.1) is 0 Å². The minimum absolute atomic E-state index is 0.00937. The second kappa shape index (κ2) is 7.04. The van der Waals surface area contributed by atoms with Crippen LogP contribution in [0.1, 0.15) is 31.9 Å². The highest BCUT2D eigenvalue weighted by atomic mass is 16.5. The van der Waals surface area contributed by atoms with Crippen LogP contribution in [-0.2, 0) is 15.0 Å². The topological polar surface area (TPSA) is 67.4 Å². The highest BCUT2D eigenvalue weighted by Crippen LogP contribution is 2.30. The van der Waals surface area contributed by atoms with Crippen molar-refractivity contribution in [2.75, 3.05) is 17.2 Å². The Labute approximate surface area is 153 Å². The van der Waals surface area contributed by atoms with Crippen LogP contribution in [0.15, 0.2) is 48.5 Å². The van der Waals surface area contributed by atoms with Gasteiger partial charge in [-0.3, -0.25) is 9.59 Å². The summed E-state index contributed by atoms with van der Waals surface area (Å²) < 4.78 is 5.30. The van der Waals surface area contributed by atoms with Gasteiger partial charge in [0.25, 0.3) is 5.91 Å². The Bertz CT molecular complexity index is 862. The molecule has 2 N–H and O–H groups in total. The molecule has 26 heavy (non-hydrogen) atoms. The van der Waals surface area contributed by atoms with E-state index < -0.39 is 0 Å². The van der Waals surface area contributed by atoms with Gasteiger partial charge in [0.15, 0.2) is 6.61 Å². The highest BCUT2D eigenvalue weighted by Gasteiger charge is 2.16. The Balaban J connectivity index is 1.64. The first-order chi connectivity index (χ1) is 12.3. The van der Waals surface area contributed by atoms with Crippen molar-refractivity contribution in [2.45, 2.75) is 26.2 Å². The maximum atomic E-state index is 12.1. The van der Waals surface area contributed by atoms with Gasteiger partial charge in [0, 0.05) is 11.8 Å². The molecule has 5 nitrogen and oxygen atoms in total. The Kier molecular flexibility index (Phi) is 4.80. The third-order valence-corrected chi connectivity index (χ3v) is 4.08. The number of hydrogen-bond donors (Lipinski definition) is 2. The lowest BCUT2D eigenvalue weighted by Crippen LogP contribution is -2.25. The SMILES string of the molecule is CC(C)(C)c1ccc(/C=C/C(=O)Nc2ccc3c(c2)NC(=O)CO3)cc1. The summed E-state index contributed by atoms with van der Waals surface area (Å²) in [6.07, 6.45) is 3.26. The lowest BCUT2D eigenvalue weighted by atomic mass is 9.87. The normalized spacial score (nSPS) is 13.7. The first kappa shape index (κ1) is 17.7. The summed E-state index contributed by atoms with van der Waals surface area (Å²) in [5.74, 6) is 0.143. The van der Waals surface area contributed by atoms with Crippen molar-refractivity contribution in [2.24, 2.45) is 0 Å². The Hall–Kier alpha value is -3.08. The van der Waals surface area contributed by atoms with E-state index in [-0.39, 0.29) is 23.8 Å². The van der Waals surface area contributed by atoms with Gasteiger partial charge in [0.2, 0.25) is 5.91 Å². The van der Waals surface area contributed by atoms with E-state index in [0.717, 1.165) is 5.56 Å². The predicted octanol–water partition coefficient (Wildman–Crippen LogP) is 3.97. The Morgan fingerprint density at radius 3 is 2.58 bits per heavy atom. The third-order valence-electron chi connectivity index (χ3n) is 4.08. The number of ether oxygens (including phenoxy) is 1. The van der Waals surface area contributed by atoms with Crippen molar-refractivity contribution in [3.63, 3.8) is 0 Å². The maximum absolute atomic E-state index is 12.1. The van der Waals surface area contributed by atoms with Crippen LogP contribution in [-0.4, -0.2) is 18.4 Å². The van der Waals surface area contributed by atoms with Gasteiger partial charge in [-0.1, -0.05) is 45.0 Å². The summed E-state index contributed by atoms with van der Waals surface area (Å²) >= 11 is 0. The molecule has 0 fully saturated rings. The van der Waals surface area contributed by atoms with E-state index in [1.807, 2.05) is 12.1 Å². The number of hydrogen-bond acceptors (Lipinski definition) is 3. The van der Waals surface area contributed by atoms with E-state index in [0.29, 0.717) is 17.1 Å². The van der Waals surface area contributed by atoms with Gasteiger partial charge >= 0.3 is 0 Å². The molecular formula is C21H22N2O3. The van der Waals surface area contributed by atoms with Crippen molar-refractivity contribution in [1.29, 1.82) is 0 Å². The molecule has 134 valence electrons. The van der Waals surface area contributed by atoms with Crippen LogP contribution in [0.4, 0.5) is 11.4 Å². The average molecular weight is 350 g/mol. The van der Waals surface area contributed by atoms with Gasteiger partial charge in [0.05, 0.1) is 5.69 Å². The Morgan fingerprint density at radius 2 is 1.88 bits per heavy atom. The summed E-state index contributed by atoms with van der Waals surface area (Å²) in [6.45, 7) is 6.50. The summed E-state index contributed by atoms with van der Waals surface area (Å²) in [5.41, 5.74) is 3.45. The number of carbonyl (C=O) groups excluding carboxylic acids is 2. The highest BCUT2D eigenvalue weighted by molar-refractivity contribution is 6.03. The van der Waals surface area contributed by atoms with Gasteiger partial charge in [0.1, 0.15) is 5.75 Å². The summed E-state index contributed by atoms with van der Waals surface area (Å²) in [5, 5.41) is 5.50. The molecule has 3 rings (SSSR count). The Morgan fingerprint density at radius 1 is 1.15 bits per heavy atom. The zero-order valence-electron chi connectivity index (χ0n) is 15.1. The van der Waals surface area contributed by atoms with Crippen LogP contribution in [0.25, 0.3) is 6.08 Å². The largest absolute Gasteiger partial charge is 0.482 e. The molecule has 0 bridgehead atoms. The van der Waals surface area contributed by atoms with Crippen molar-refractivity contribution in [1.82, 2.24) is 0 Å². The minimum Gasteiger partial charge on any atom is -0.482 e. The lowest BCUT2D eigenvalue weighted by molar-refractivity contribution is -0.118. The number of rotatable bonds is 3. The molecular weight excluding hydrogens is 328 g/mol. The van der Waals surface area contributed by atoms with Crippen LogP contribution in [0.3, 0.4) is 0 Å². The summed E-state index contributed by atoms with van der Waals surface area (Å²) in [4.78, 5) is 23.5. The molecule has 0 saturated carbocycles. The monoisotopic (exact) mass is 350 g/mol. The van der Waals surface area contributed by atoms with Gasteiger partial charge in [-0.15, -0.1) is 0 Å². The van der Waals surface area contributed by atoms with E-state index in [9.17, 15) is 9.59 Å². The fourth-order valence-corrected chi connectivity index (χ4v) is 2.61. The van der Waals surface area contributed by atoms with Gasteiger partial charge in [-0.25, -0.2) is 0 Å². The minimum atomic E-state index is -0.243. The zero-order valence-corrected chi connectivity index (χ0v) is 15.1. The average Bonchev–Trinajstić information content (AvgIpc) is 2.59. The van der Waals surface area contributed by atoms with E-state index >= 15 is 0 Å². The van der Waals surface area contributed by atoms with Crippen molar-refractivity contribution in [3.8, 4) is 5.75 Å². The zero-order chi connectivity index (χ0) is 18.7. The predicted molar refractivity (Wildman–Crippen MR) is 103 cm³/mol. The van der Waals surface area contributed by atoms with Crippen LogP contribution < -0.4 is 15.4 Å². The standard InChI is InChI=1S/C21H22N2O3/c1-21(2,3)15-7-4-14(5-8-15)6-11-19(24)22-16-9-10-18-17(12-16)23-20(25)13-26-18/h4-12H,13H2,1-3H3,(H,22,24)(H,23,25)/b11-6+. The number of fused-ring (bicyclic) bond motifs is 1. The molecule has 1 heterocycles. The van der Waals surface area contributed by atoms with Crippen molar-refractivity contribution in [3.05, 3.63) is 59.7 Å². The van der Waals surface area contributed by atoms with E-state index in [1.165, 1.54) is 11.6 Å². The molecule has 2 aromatic rings. The molecule has 5 heteroatoms. The molecule has 0 saturated heterocycles. The molecule has 0 radical (unpaired) electrons. The molecule has 1 aliphatic heterocycles. The maximum Gasteiger partial charge on any atom is 0.262 e. The van der Waals surface area contributed by atoms with Gasteiger partial charge in [-0.2, -0.15) is 0 Å². The molecule has 0 unspecified atom stereocenters. The summed E-state index contributed by atoms with van der Waals surface area (Å²) in [6, 6.07) is 13.3. The van der Waals surface area contributed by atoms with E-state index in [2.05, 4.69) is 43.5 Å². The smallest absolute Gasteiger partial charge is 0.262 e. The quantitative estimate of drug-likeness (QED) is 0.823. The first-order valence-corrected chi connectivity index (χ1v) is 8.47. The first-order valence-electron chi connectivity index (χ1n) is 8.47. The molecule has 0 atom stereocenters. The molecule has 1 aliphatic rings. The molecule has 0 aromatic heterocycles.